The van der Waals surface area contributed by atoms with E-state index in [1.807, 2.05) is 13.1 Å². The predicted molar refractivity (Wildman–Crippen MR) is 75.3 cm³/mol. The second-order valence-electron chi connectivity index (χ2n) is 4.18. The molecule has 0 amide bonds. The summed E-state index contributed by atoms with van der Waals surface area (Å²) in [5.41, 5.74) is 0. The van der Waals surface area contributed by atoms with Crippen LogP contribution in [0.25, 0.3) is 0 Å². The number of aryl methyl sites for hydroxylation is 1. The van der Waals surface area contributed by atoms with Crippen LogP contribution in [0.15, 0.2) is 6.07 Å². The Morgan fingerprint density at radius 2 is 2.11 bits per heavy atom. The van der Waals surface area contributed by atoms with Crippen molar-refractivity contribution >= 4 is 11.6 Å². The first-order valence-electron chi connectivity index (χ1n) is 6.53. The van der Waals surface area contributed by atoms with Gasteiger partial charge in [0, 0.05) is 46.3 Å². The van der Waals surface area contributed by atoms with Gasteiger partial charge >= 0.3 is 0 Å². The molecular weight excluding hydrogens is 228 g/mol. The van der Waals surface area contributed by atoms with Crippen molar-refractivity contribution in [3.8, 4) is 0 Å². The Hall–Kier alpha value is -1.36. The quantitative estimate of drug-likeness (QED) is 0.717. The molecule has 0 saturated heterocycles. The molecule has 5 heteroatoms. The van der Waals surface area contributed by atoms with Crippen molar-refractivity contribution in [1.82, 2.24) is 9.97 Å². The molecule has 0 fully saturated rings. The lowest BCUT2D eigenvalue weighted by Gasteiger charge is -2.19. The van der Waals surface area contributed by atoms with Crippen molar-refractivity contribution in [2.75, 3.05) is 44.1 Å². The summed E-state index contributed by atoms with van der Waals surface area (Å²) < 4.78 is 5.06. The summed E-state index contributed by atoms with van der Waals surface area (Å²) in [6.45, 7) is 6.71. The van der Waals surface area contributed by atoms with E-state index in [1.165, 1.54) is 0 Å². The monoisotopic (exact) mass is 252 g/mol. The third-order valence-corrected chi connectivity index (χ3v) is 2.67. The molecule has 1 rings (SSSR count). The van der Waals surface area contributed by atoms with E-state index in [-0.39, 0.29) is 0 Å². The van der Waals surface area contributed by atoms with E-state index in [1.54, 1.807) is 7.11 Å². The summed E-state index contributed by atoms with van der Waals surface area (Å²) in [5.74, 6) is 2.74. The number of anilines is 2. The number of nitrogens with zero attached hydrogens (tertiary/aromatic N) is 3. The second-order valence-corrected chi connectivity index (χ2v) is 4.18. The van der Waals surface area contributed by atoms with Crippen molar-refractivity contribution in [2.45, 2.75) is 26.7 Å². The van der Waals surface area contributed by atoms with Gasteiger partial charge in [-0.1, -0.05) is 6.92 Å². The van der Waals surface area contributed by atoms with Crippen LogP contribution in [0.2, 0.25) is 0 Å². The maximum absolute atomic E-state index is 5.06. The van der Waals surface area contributed by atoms with Gasteiger partial charge in [-0.25, -0.2) is 9.97 Å². The lowest BCUT2D eigenvalue weighted by molar-refractivity contribution is 0.196. The summed E-state index contributed by atoms with van der Waals surface area (Å²) in [6, 6.07) is 2.00. The minimum atomic E-state index is 0.774. The minimum Gasteiger partial charge on any atom is -0.385 e. The summed E-state index contributed by atoms with van der Waals surface area (Å²) in [4.78, 5) is 11.1. The van der Waals surface area contributed by atoms with Crippen molar-refractivity contribution in [1.29, 1.82) is 0 Å². The summed E-state index contributed by atoms with van der Waals surface area (Å²) in [6.07, 6.45) is 1.84. The molecule has 5 nitrogen and oxygen atoms in total. The number of hydrogen-bond acceptors (Lipinski definition) is 5. The highest BCUT2D eigenvalue weighted by atomic mass is 16.5. The van der Waals surface area contributed by atoms with Crippen LogP contribution in [0.1, 0.15) is 26.1 Å². The molecule has 0 aliphatic heterocycles. The zero-order valence-corrected chi connectivity index (χ0v) is 11.9. The molecule has 0 aliphatic rings. The highest BCUT2D eigenvalue weighted by Crippen LogP contribution is 2.15. The highest BCUT2D eigenvalue weighted by Gasteiger charge is 2.07. The zero-order valence-electron chi connectivity index (χ0n) is 11.9. The van der Waals surface area contributed by atoms with Crippen LogP contribution in [0.5, 0.6) is 0 Å². The molecule has 0 radical (unpaired) electrons. The van der Waals surface area contributed by atoms with Gasteiger partial charge in [-0.2, -0.15) is 0 Å². The average molecular weight is 252 g/mol. The molecule has 0 saturated carbocycles. The fourth-order valence-electron chi connectivity index (χ4n) is 1.67. The Morgan fingerprint density at radius 1 is 1.33 bits per heavy atom. The summed E-state index contributed by atoms with van der Waals surface area (Å²) in [7, 11) is 3.77. The molecular formula is C13H24N4O. The molecule has 0 bridgehead atoms. The van der Waals surface area contributed by atoms with Gasteiger partial charge in [-0.05, 0) is 13.3 Å². The Balaban J connectivity index is 2.75. The zero-order chi connectivity index (χ0) is 13.4. The number of nitrogens with one attached hydrogen (secondary N) is 1. The van der Waals surface area contributed by atoms with Crippen molar-refractivity contribution in [3.63, 3.8) is 0 Å². The molecule has 0 aromatic carbocycles. The maximum Gasteiger partial charge on any atom is 0.134 e. The molecule has 1 aromatic rings. The van der Waals surface area contributed by atoms with Gasteiger partial charge < -0.3 is 15.0 Å². The Bertz CT molecular complexity index is 357. The molecule has 0 aliphatic carbocycles. The average Bonchev–Trinajstić information content (AvgIpc) is 2.39. The van der Waals surface area contributed by atoms with Crippen molar-refractivity contribution in [2.24, 2.45) is 0 Å². The lowest BCUT2D eigenvalue weighted by atomic mass is 10.3. The first-order valence-corrected chi connectivity index (χ1v) is 6.53. The molecule has 0 unspecified atom stereocenters. The molecule has 0 atom stereocenters. The number of aromatic nitrogens is 2. The van der Waals surface area contributed by atoms with Crippen LogP contribution < -0.4 is 10.2 Å². The number of rotatable bonds is 8. The van der Waals surface area contributed by atoms with Crippen LogP contribution in [-0.2, 0) is 11.2 Å². The van der Waals surface area contributed by atoms with E-state index in [0.29, 0.717) is 0 Å². The van der Waals surface area contributed by atoms with E-state index in [0.717, 1.165) is 50.0 Å². The third kappa shape index (κ3) is 4.49. The van der Waals surface area contributed by atoms with Crippen LogP contribution in [0.4, 0.5) is 11.6 Å². The fraction of sp³-hybridized carbons (Fsp3) is 0.692. The van der Waals surface area contributed by atoms with Crippen LogP contribution in [0.3, 0.4) is 0 Å². The lowest BCUT2D eigenvalue weighted by Crippen LogP contribution is -2.22. The van der Waals surface area contributed by atoms with Gasteiger partial charge in [0.15, 0.2) is 0 Å². The molecule has 1 N–H and O–H groups in total. The first kappa shape index (κ1) is 14.7. The van der Waals surface area contributed by atoms with E-state index >= 15 is 0 Å². The van der Waals surface area contributed by atoms with E-state index in [2.05, 4.69) is 34.0 Å². The van der Waals surface area contributed by atoms with Gasteiger partial charge in [-0.15, -0.1) is 0 Å². The summed E-state index contributed by atoms with van der Waals surface area (Å²) in [5, 5.41) is 3.24. The summed E-state index contributed by atoms with van der Waals surface area (Å²) >= 11 is 0. The third-order valence-electron chi connectivity index (χ3n) is 2.67. The molecule has 18 heavy (non-hydrogen) atoms. The molecule has 1 heterocycles. The minimum absolute atomic E-state index is 0.774. The number of ether oxygens (including phenoxy) is 1. The van der Waals surface area contributed by atoms with Gasteiger partial charge in [-0.3, -0.25) is 0 Å². The number of hydrogen-bond donors (Lipinski definition) is 1. The van der Waals surface area contributed by atoms with E-state index < -0.39 is 0 Å². The second kappa shape index (κ2) is 7.87. The Morgan fingerprint density at radius 3 is 2.72 bits per heavy atom. The SMILES string of the molecule is CCNc1cc(N(C)CCCOC)nc(CC)n1. The van der Waals surface area contributed by atoms with E-state index in [4.69, 9.17) is 4.74 Å². The first-order chi connectivity index (χ1) is 8.71. The Labute approximate surface area is 110 Å². The Kier molecular flexibility index (Phi) is 6.43. The maximum atomic E-state index is 5.06. The van der Waals surface area contributed by atoms with Crippen molar-refractivity contribution in [3.05, 3.63) is 11.9 Å². The van der Waals surface area contributed by atoms with Crippen LogP contribution in [-0.4, -0.2) is 43.8 Å². The standard InChI is InChI=1S/C13H24N4O/c1-5-11-15-12(14-6-2)10-13(16-11)17(3)8-7-9-18-4/h10H,5-9H2,1-4H3,(H,14,15,16). The van der Waals surface area contributed by atoms with Crippen LogP contribution in [0, 0.1) is 0 Å². The van der Waals surface area contributed by atoms with Gasteiger partial charge in [0.2, 0.25) is 0 Å². The van der Waals surface area contributed by atoms with Gasteiger partial charge in [0.05, 0.1) is 0 Å². The normalized spacial score (nSPS) is 10.4. The molecule has 0 spiro atoms. The fourth-order valence-corrected chi connectivity index (χ4v) is 1.67. The van der Waals surface area contributed by atoms with Crippen molar-refractivity contribution < 1.29 is 4.74 Å². The molecule has 1 aromatic heterocycles. The van der Waals surface area contributed by atoms with Gasteiger partial charge in [0.1, 0.15) is 17.5 Å². The highest BCUT2D eigenvalue weighted by molar-refractivity contribution is 5.48. The van der Waals surface area contributed by atoms with Gasteiger partial charge in [0.25, 0.3) is 0 Å². The number of methoxy groups -OCH3 is 1. The topological polar surface area (TPSA) is 50.3 Å². The predicted octanol–water partition coefficient (Wildman–Crippen LogP) is 1.94. The molecule has 102 valence electrons. The van der Waals surface area contributed by atoms with Crippen LogP contribution >= 0.6 is 0 Å². The largest absolute Gasteiger partial charge is 0.385 e. The smallest absolute Gasteiger partial charge is 0.134 e. The van der Waals surface area contributed by atoms with E-state index in [9.17, 15) is 0 Å².